The maximum atomic E-state index is 12.0. The number of nitrogens with one attached hydrogen (secondary N) is 3. The van der Waals surface area contributed by atoms with Crippen molar-refractivity contribution in [2.24, 2.45) is 4.99 Å². The van der Waals surface area contributed by atoms with E-state index in [1.165, 1.54) is 5.56 Å². The van der Waals surface area contributed by atoms with E-state index >= 15 is 0 Å². The molecule has 6 heteroatoms. The van der Waals surface area contributed by atoms with Crippen molar-refractivity contribution >= 4 is 17.6 Å². The number of rotatable bonds is 4. The molecule has 1 amide bonds. The van der Waals surface area contributed by atoms with Gasteiger partial charge < -0.3 is 20.7 Å². The van der Waals surface area contributed by atoms with Crippen molar-refractivity contribution in [3.05, 3.63) is 59.7 Å². The average Bonchev–Trinajstić information content (AvgIpc) is 3.10. The first-order valence-electron chi connectivity index (χ1n) is 9.31. The number of carbonyl (C=O) groups is 1. The third kappa shape index (κ3) is 3.89. The van der Waals surface area contributed by atoms with E-state index in [0.29, 0.717) is 19.5 Å². The Hall–Kier alpha value is -3.02. The summed E-state index contributed by atoms with van der Waals surface area (Å²) in [6, 6.07) is 16.1. The van der Waals surface area contributed by atoms with Crippen LogP contribution in [0.5, 0.6) is 5.75 Å². The molecule has 2 heterocycles. The predicted molar refractivity (Wildman–Crippen MR) is 106 cm³/mol. The molecule has 2 aliphatic heterocycles. The van der Waals surface area contributed by atoms with E-state index in [-0.39, 0.29) is 17.9 Å². The lowest BCUT2D eigenvalue weighted by Gasteiger charge is -2.26. The monoisotopic (exact) mass is 364 g/mol. The topological polar surface area (TPSA) is 74.8 Å². The van der Waals surface area contributed by atoms with E-state index in [2.05, 4.69) is 33.1 Å². The molecular weight excluding hydrogens is 340 g/mol. The van der Waals surface area contributed by atoms with Crippen LogP contribution in [0.1, 0.15) is 23.5 Å². The molecule has 2 aromatic carbocycles. The molecule has 140 valence electrons. The largest absolute Gasteiger partial charge is 0.488 e. The summed E-state index contributed by atoms with van der Waals surface area (Å²) in [4.78, 5) is 16.3. The van der Waals surface area contributed by atoms with Gasteiger partial charge in [0.05, 0.1) is 6.54 Å². The number of ether oxygens (including phenoxy) is 1. The van der Waals surface area contributed by atoms with Gasteiger partial charge in [-0.1, -0.05) is 36.4 Å². The summed E-state index contributed by atoms with van der Waals surface area (Å²) in [5, 5.41) is 9.62. The van der Waals surface area contributed by atoms with Crippen LogP contribution < -0.4 is 20.7 Å². The second kappa shape index (κ2) is 7.70. The summed E-state index contributed by atoms with van der Waals surface area (Å²) >= 11 is 0. The Bertz CT molecular complexity index is 840. The molecule has 4 rings (SSSR count). The molecule has 2 aliphatic rings. The first kappa shape index (κ1) is 17.4. The van der Waals surface area contributed by atoms with Crippen LogP contribution in [0.25, 0.3) is 0 Å². The smallest absolute Gasteiger partial charge is 0.225 e. The number of hydrogen-bond donors (Lipinski definition) is 3. The lowest BCUT2D eigenvalue weighted by atomic mass is 9.90. The van der Waals surface area contributed by atoms with Crippen molar-refractivity contribution in [2.45, 2.75) is 24.9 Å². The SMILES string of the molecule is CN=C(NCC1Cc2ccccc2O1)NCC1CC(=O)Nc2ccccc21. The van der Waals surface area contributed by atoms with Crippen molar-refractivity contribution in [3.8, 4) is 5.75 Å². The van der Waals surface area contributed by atoms with Gasteiger partial charge in [0.2, 0.25) is 5.91 Å². The van der Waals surface area contributed by atoms with Gasteiger partial charge in [-0.05, 0) is 23.3 Å². The minimum Gasteiger partial charge on any atom is -0.488 e. The second-order valence-electron chi connectivity index (χ2n) is 6.92. The molecule has 0 saturated carbocycles. The molecule has 0 spiro atoms. The van der Waals surface area contributed by atoms with Crippen LogP contribution in [0.15, 0.2) is 53.5 Å². The highest BCUT2D eigenvalue weighted by atomic mass is 16.5. The number of hydrogen-bond acceptors (Lipinski definition) is 3. The zero-order valence-corrected chi connectivity index (χ0v) is 15.4. The maximum absolute atomic E-state index is 12.0. The number of amides is 1. The fraction of sp³-hybridized carbons (Fsp3) is 0.333. The van der Waals surface area contributed by atoms with Gasteiger partial charge in [0.1, 0.15) is 11.9 Å². The van der Waals surface area contributed by atoms with Gasteiger partial charge in [0, 0.05) is 38.0 Å². The fourth-order valence-electron chi connectivity index (χ4n) is 3.70. The number of anilines is 1. The summed E-state index contributed by atoms with van der Waals surface area (Å²) in [7, 11) is 1.75. The highest BCUT2D eigenvalue weighted by Crippen LogP contribution is 2.31. The molecular formula is C21H24N4O2. The Morgan fingerprint density at radius 1 is 1.11 bits per heavy atom. The Kier molecular flexibility index (Phi) is 4.96. The number of benzene rings is 2. The van der Waals surface area contributed by atoms with Crippen LogP contribution in [0.2, 0.25) is 0 Å². The maximum Gasteiger partial charge on any atom is 0.225 e. The third-order valence-electron chi connectivity index (χ3n) is 5.06. The number of guanidine groups is 1. The van der Waals surface area contributed by atoms with Crippen LogP contribution in [-0.2, 0) is 11.2 Å². The Morgan fingerprint density at radius 2 is 1.89 bits per heavy atom. The van der Waals surface area contributed by atoms with E-state index in [0.717, 1.165) is 29.4 Å². The molecule has 0 aromatic heterocycles. The van der Waals surface area contributed by atoms with E-state index in [1.807, 2.05) is 36.4 Å². The molecule has 0 fully saturated rings. The van der Waals surface area contributed by atoms with Crippen LogP contribution >= 0.6 is 0 Å². The second-order valence-corrected chi connectivity index (χ2v) is 6.92. The standard InChI is InChI=1S/C21H24N4O2/c1-22-21(24-13-16-10-14-6-2-5-9-19(14)27-16)23-12-15-11-20(26)25-18-8-4-3-7-17(15)18/h2-9,15-16H,10-13H2,1H3,(H,25,26)(H2,22,23,24). The molecule has 3 N–H and O–H groups in total. The van der Waals surface area contributed by atoms with Crippen molar-refractivity contribution in [3.63, 3.8) is 0 Å². The van der Waals surface area contributed by atoms with Crippen molar-refractivity contribution in [1.29, 1.82) is 0 Å². The molecule has 0 aliphatic carbocycles. The Balaban J connectivity index is 1.31. The Morgan fingerprint density at radius 3 is 2.74 bits per heavy atom. The number of nitrogens with zero attached hydrogens (tertiary/aromatic N) is 1. The summed E-state index contributed by atoms with van der Waals surface area (Å²) in [6.07, 6.45) is 1.47. The molecule has 0 bridgehead atoms. The quantitative estimate of drug-likeness (QED) is 0.575. The summed E-state index contributed by atoms with van der Waals surface area (Å²) in [5.74, 6) is 1.87. The zero-order valence-electron chi connectivity index (χ0n) is 15.4. The Labute approximate surface area is 159 Å². The lowest BCUT2D eigenvalue weighted by molar-refractivity contribution is -0.116. The molecule has 2 aromatic rings. The summed E-state index contributed by atoms with van der Waals surface area (Å²) < 4.78 is 5.96. The minimum absolute atomic E-state index is 0.0561. The summed E-state index contributed by atoms with van der Waals surface area (Å²) in [5.41, 5.74) is 3.31. The normalized spacial score (nSPS) is 20.9. The lowest BCUT2D eigenvalue weighted by Crippen LogP contribution is -2.44. The van der Waals surface area contributed by atoms with E-state index in [1.54, 1.807) is 7.05 Å². The average molecular weight is 364 g/mol. The highest BCUT2D eigenvalue weighted by molar-refractivity contribution is 5.94. The van der Waals surface area contributed by atoms with Gasteiger partial charge in [0.25, 0.3) is 0 Å². The molecule has 6 nitrogen and oxygen atoms in total. The number of carbonyl (C=O) groups excluding carboxylic acids is 1. The van der Waals surface area contributed by atoms with Gasteiger partial charge >= 0.3 is 0 Å². The molecule has 27 heavy (non-hydrogen) atoms. The van der Waals surface area contributed by atoms with Crippen LogP contribution in [-0.4, -0.2) is 38.1 Å². The van der Waals surface area contributed by atoms with Crippen molar-refractivity contribution in [2.75, 3.05) is 25.5 Å². The van der Waals surface area contributed by atoms with Crippen LogP contribution in [0, 0.1) is 0 Å². The molecule has 2 unspecified atom stereocenters. The van der Waals surface area contributed by atoms with Crippen LogP contribution in [0.3, 0.4) is 0 Å². The van der Waals surface area contributed by atoms with Gasteiger partial charge in [0.15, 0.2) is 5.96 Å². The van der Waals surface area contributed by atoms with Gasteiger partial charge in [-0.15, -0.1) is 0 Å². The van der Waals surface area contributed by atoms with E-state index in [9.17, 15) is 4.79 Å². The fourth-order valence-corrected chi connectivity index (χ4v) is 3.70. The molecule has 0 radical (unpaired) electrons. The van der Waals surface area contributed by atoms with E-state index < -0.39 is 0 Å². The van der Waals surface area contributed by atoms with Gasteiger partial charge in [-0.25, -0.2) is 0 Å². The molecule has 0 saturated heterocycles. The summed E-state index contributed by atoms with van der Waals surface area (Å²) in [6.45, 7) is 1.33. The van der Waals surface area contributed by atoms with Crippen molar-refractivity contribution in [1.82, 2.24) is 10.6 Å². The highest BCUT2D eigenvalue weighted by Gasteiger charge is 2.25. The molecule has 2 atom stereocenters. The van der Waals surface area contributed by atoms with Crippen LogP contribution in [0.4, 0.5) is 5.69 Å². The number of aliphatic imine (C=N–C) groups is 1. The predicted octanol–water partition coefficient (Wildman–Crippen LogP) is 2.28. The van der Waals surface area contributed by atoms with Crippen molar-refractivity contribution < 1.29 is 9.53 Å². The minimum atomic E-state index is 0.0561. The van der Waals surface area contributed by atoms with Gasteiger partial charge in [-0.3, -0.25) is 9.79 Å². The van der Waals surface area contributed by atoms with E-state index in [4.69, 9.17) is 4.74 Å². The number of para-hydroxylation sites is 2. The first-order valence-corrected chi connectivity index (χ1v) is 9.31. The number of fused-ring (bicyclic) bond motifs is 2. The van der Waals surface area contributed by atoms with Gasteiger partial charge in [-0.2, -0.15) is 0 Å². The zero-order chi connectivity index (χ0) is 18.6. The first-order chi connectivity index (χ1) is 13.2. The third-order valence-corrected chi connectivity index (χ3v) is 5.06.